The van der Waals surface area contributed by atoms with Crippen LogP contribution < -0.4 is 4.74 Å². The number of methoxy groups -OCH3 is 1. The zero-order chi connectivity index (χ0) is 9.68. The van der Waals surface area contributed by atoms with Crippen LogP contribution in [0.1, 0.15) is 12.0 Å². The van der Waals surface area contributed by atoms with Crippen LogP contribution in [0, 0.1) is 0 Å². The fourth-order valence-electron chi connectivity index (χ4n) is 1.16. The number of hydrogen-bond acceptors (Lipinski definition) is 2. The standard InChI is InChI=1S/C10H13IO2/c1-13-10-5-4-8(3-2-6-11)7-9(10)12/h4-5,7,12H,2-3,6H2,1H3. The molecule has 0 aliphatic carbocycles. The van der Waals surface area contributed by atoms with E-state index in [2.05, 4.69) is 22.6 Å². The van der Waals surface area contributed by atoms with Crippen LogP contribution in [-0.2, 0) is 6.42 Å². The molecular formula is C10H13IO2. The van der Waals surface area contributed by atoms with Gasteiger partial charge in [0.25, 0.3) is 0 Å². The van der Waals surface area contributed by atoms with Crippen LogP contribution in [0.5, 0.6) is 11.5 Å². The summed E-state index contributed by atoms with van der Waals surface area (Å²) in [5.41, 5.74) is 1.16. The highest BCUT2D eigenvalue weighted by Gasteiger charge is 2.01. The van der Waals surface area contributed by atoms with Gasteiger partial charge >= 0.3 is 0 Å². The van der Waals surface area contributed by atoms with E-state index in [0.717, 1.165) is 22.8 Å². The maximum atomic E-state index is 9.46. The van der Waals surface area contributed by atoms with Crippen LogP contribution in [0.3, 0.4) is 0 Å². The van der Waals surface area contributed by atoms with Crippen LogP contribution in [0.2, 0.25) is 0 Å². The minimum absolute atomic E-state index is 0.230. The lowest BCUT2D eigenvalue weighted by atomic mass is 10.1. The molecule has 3 heteroatoms. The largest absolute Gasteiger partial charge is 0.504 e. The average molecular weight is 292 g/mol. The first-order chi connectivity index (χ1) is 6.27. The molecule has 0 aliphatic heterocycles. The van der Waals surface area contributed by atoms with Gasteiger partial charge in [0.05, 0.1) is 7.11 Å². The van der Waals surface area contributed by atoms with E-state index < -0.39 is 0 Å². The van der Waals surface area contributed by atoms with E-state index in [4.69, 9.17) is 4.74 Å². The molecule has 0 spiro atoms. The Hall–Kier alpha value is -0.450. The van der Waals surface area contributed by atoms with Gasteiger partial charge in [-0.15, -0.1) is 0 Å². The predicted molar refractivity (Wildman–Crippen MR) is 61.9 cm³/mol. The lowest BCUT2D eigenvalue weighted by Gasteiger charge is -2.05. The molecule has 72 valence electrons. The van der Waals surface area contributed by atoms with E-state index in [1.54, 1.807) is 19.2 Å². The molecule has 1 rings (SSSR count). The Labute approximate surface area is 92.1 Å². The maximum Gasteiger partial charge on any atom is 0.160 e. The van der Waals surface area contributed by atoms with Gasteiger partial charge in [0.2, 0.25) is 0 Å². The summed E-state index contributed by atoms with van der Waals surface area (Å²) >= 11 is 2.35. The van der Waals surface area contributed by atoms with Crippen molar-refractivity contribution in [1.29, 1.82) is 0 Å². The number of phenols is 1. The van der Waals surface area contributed by atoms with Gasteiger partial charge < -0.3 is 9.84 Å². The number of aryl methyl sites for hydroxylation is 1. The maximum absolute atomic E-state index is 9.46. The minimum atomic E-state index is 0.230. The van der Waals surface area contributed by atoms with Crippen molar-refractivity contribution in [2.45, 2.75) is 12.8 Å². The van der Waals surface area contributed by atoms with Crippen LogP contribution in [0.15, 0.2) is 18.2 Å². The predicted octanol–water partition coefficient (Wildman–Crippen LogP) is 2.77. The summed E-state index contributed by atoms with van der Waals surface area (Å²) < 4.78 is 6.10. The highest BCUT2D eigenvalue weighted by atomic mass is 127. The Morgan fingerprint density at radius 3 is 2.77 bits per heavy atom. The molecule has 13 heavy (non-hydrogen) atoms. The topological polar surface area (TPSA) is 29.5 Å². The second kappa shape index (κ2) is 5.32. The molecule has 0 bridgehead atoms. The van der Waals surface area contributed by atoms with Gasteiger partial charge in [-0.3, -0.25) is 0 Å². The van der Waals surface area contributed by atoms with Crippen LogP contribution in [0.25, 0.3) is 0 Å². The molecule has 0 saturated carbocycles. The molecule has 0 heterocycles. The van der Waals surface area contributed by atoms with E-state index in [9.17, 15) is 5.11 Å². The van der Waals surface area contributed by atoms with Crippen molar-refractivity contribution in [3.05, 3.63) is 23.8 Å². The second-order valence-corrected chi connectivity index (χ2v) is 3.88. The summed E-state index contributed by atoms with van der Waals surface area (Å²) in [4.78, 5) is 0. The van der Waals surface area contributed by atoms with E-state index in [-0.39, 0.29) is 5.75 Å². The molecule has 0 amide bonds. The second-order valence-electron chi connectivity index (χ2n) is 2.80. The third-order valence-corrected chi connectivity index (χ3v) is 2.61. The van der Waals surface area contributed by atoms with Crippen LogP contribution >= 0.6 is 22.6 Å². The normalized spacial score (nSPS) is 10.0. The third-order valence-electron chi connectivity index (χ3n) is 1.84. The molecule has 2 nitrogen and oxygen atoms in total. The highest BCUT2D eigenvalue weighted by Crippen LogP contribution is 2.26. The van der Waals surface area contributed by atoms with Crippen molar-refractivity contribution >= 4 is 22.6 Å². The lowest BCUT2D eigenvalue weighted by molar-refractivity contribution is 0.373. The van der Waals surface area contributed by atoms with Crippen LogP contribution in [0.4, 0.5) is 0 Å². The van der Waals surface area contributed by atoms with E-state index in [1.165, 1.54) is 0 Å². The van der Waals surface area contributed by atoms with Gasteiger partial charge in [0, 0.05) is 0 Å². The Bertz CT molecular complexity index is 274. The lowest BCUT2D eigenvalue weighted by Crippen LogP contribution is -1.88. The zero-order valence-electron chi connectivity index (χ0n) is 7.59. The summed E-state index contributed by atoms with van der Waals surface area (Å²) in [5, 5.41) is 9.46. The number of phenolic OH excluding ortho intramolecular Hbond substituents is 1. The van der Waals surface area contributed by atoms with Gasteiger partial charge in [-0.05, 0) is 35.0 Å². The van der Waals surface area contributed by atoms with Gasteiger partial charge in [-0.25, -0.2) is 0 Å². The monoisotopic (exact) mass is 292 g/mol. The van der Waals surface area contributed by atoms with Crippen molar-refractivity contribution in [3.8, 4) is 11.5 Å². The van der Waals surface area contributed by atoms with Crippen LogP contribution in [-0.4, -0.2) is 16.6 Å². The summed E-state index contributed by atoms with van der Waals surface area (Å²) in [6.45, 7) is 0. The molecule has 0 atom stereocenters. The Morgan fingerprint density at radius 2 is 2.23 bits per heavy atom. The van der Waals surface area contributed by atoms with E-state index >= 15 is 0 Å². The smallest absolute Gasteiger partial charge is 0.160 e. The van der Waals surface area contributed by atoms with Gasteiger partial charge in [0.1, 0.15) is 0 Å². The summed E-state index contributed by atoms with van der Waals surface area (Å²) in [6.07, 6.45) is 2.16. The third kappa shape index (κ3) is 3.06. The van der Waals surface area contributed by atoms with Crippen molar-refractivity contribution in [2.75, 3.05) is 11.5 Å². The minimum Gasteiger partial charge on any atom is -0.504 e. The Kier molecular flexibility index (Phi) is 4.35. The van der Waals surface area contributed by atoms with E-state index in [1.807, 2.05) is 6.07 Å². The number of rotatable bonds is 4. The van der Waals surface area contributed by atoms with Crippen molar-refractivity contribution in [2.24, 2.45) is 0 Å². The summed E-state index contributed by atoms with van der Waals surface area (Å²) in [5.74, 6) is 0.770. The number of aromatic hydroxyl groups is 1. The number of halogens is 1. The van der Waals surface area contributed by atoms with Crippen molar-refractivity contribution in [3.63, 3.8) is 0 Å². The van der Waals surface area contributed by atoms with Gasteiger partial charge in [-0.1, -0.05) is 28.7 Å². The Morgan fingerprint density at radius 1 is 1.46 bits per heavy atom. The highest BCUT2D eigenvalue weighted by molar-refractivity contribution is 14.1. The molecule has 0 aliphatic rings. The SMILES string of the molecule is COc1ccc(CCCI)cc1O. The molecule has 1 aromatic rings. The fraction of sp³-hybridized carbons (Fsp3) is 0.400. The van der Waals surface area contributed by atoms with Crippen molar-refractivity contribution in [1.82, 2.24) is 0 Å². The molecule has 0 aromatic heterocycles. The number of alkyl halides is 1. The fourth-order valence-corrected chi connectivity index (χ4v) is 1.54. The van der Waals surface area contributed by atoms with Gasteiger partial charge in [0.15, 0.2) is 11.5 Å². The molecule has 1 N–H and O–H groups in total. The quantitative estimate of drug-likeness (QED) is 0.683. The number of ether oxygens (including phenoxy) is 1. The number of benzene rings is 1. The van der Waals surface area contributed by atoms with Crippen molar-refractivity contribution < 1.29 is 9.84 Å². The molecule has 0 radical (unpaired) electrons. The molecule has 0 saturated heterocycles. The summed E-state index contributed by atoms with van der Waals surface area (Å²) in [6, 6.07) is 5.56. The Balaban J connectivity index is 2.71. The molecule has 1 aromatic carbocycles. The first-order valence-corrected chi connectivity index (χ1v) is 5.72. The first kappa shape index (κ1) is 10.6. The molecule has 0 fully saturated rings. The van der Waals surface area contributed by atoms with Gasteiger partial charge in [-0.2, -0.15) is 0 Å². The number of hydrogen-bond donors (Lipinski definition) is 1. The summed E-state index contributed by atoms with van der Waals surface area (Å²) in [7, 11) is 1.56. The molecule has 0 unspecified atom stereocenters. The average Bonchev–Trinajstić information content (AvgIpc) is 2.15. The van der Waals surface area contributed by atoms with E-state index in [0.29, 0.717) is 5.75 Å². The first-order valence-electron chi connectivity index (χ1n) is 4.19. The zero-order valence-corrected chi connectivity index (χ0v) is 9.74. The molecular weight excluding hydrogens is 279 g/mol.